The highest BCUT2D eigenvalue weighted by Crippen LogP contribution is 2.37. The summed E-state index contributed by atoms with van der Waals surface area (Å²) in [5.41, 5.74) is 5.46. The SMILES string of the molecule is COC(=O)C(c1cc(F)ccc1[C@@H]1CCCCO1)N1CC[C@@H](OCCCCc2ccc3c(n2)CCCC3)C1. The first kappa shape index (κ1) is 27.2. The Labute approximate surface area is 225 Å². The molecule has 0 radical (unpaired) electrons. The summed E-state index contributed by atoms with van der Waals surface area (Å²) in [5.74, 6) is -0.722. The number of likely N-dealkylation sites (tertiary alicyclic amines) is 1. The molecule has 5 rings (SSSR count). The minimum atomic E-state index is -0.667. The number of esters is 1. The summed E-state index contributed by atoms with van der Waals surface area (Å²) < 4.78 is 31.8. The van der Waals surface area contributed by atoms with Gasteiger partial charge in [-0.3, -0.25) is 9.88 Å². The number of hydrogen-bond acceptors (Lipinski definition) is 6. The second kappa shape index (κ2) is 13.1. The molecule has 38 heavy (non-hydrogen) atoms. The van der Waals surface area contributed by atoms with Crippen LogP contribution in [0.5, 0.6) is 0 Å². The van der Waals surface area contributed by atoms with Crippen LogP contribution < -0.4 is 0 Å². The van der Waals surface area contributed by atoms with Gasteiger partial charge in [0.05, 0.1) is 19.3 Å². The summed E-state index contributed by atoms with van der Waals surface area (Å²) in [7, 11) is 1.40. The van der Waals surface area contributed by atoms with Gasteiger partial charge in [-0.05, 0) is 106 Å². The topological polar surface area (TPSA) is 60.9 Å². The highest BCUT2D eigenvalue weighted by atomic mass is 19.1. The maximum atomic E-state index is 14.4. The Morgan fingerprint density at radius 3 is 2.87 bits per heavy atom. The number of fused-ring (bicyclic) bond motifs is 1. The first-order valence-corrected chi connectivity index (χ1v) is 14.4. The molecule has 2 fully saturated rings. The van der Waals surface area contributed by atoms with E-state index in [1.54, 1.807) is 6.07 Å². The summed E-state index contributed by atoms with van der Waals surface area (Å²) in [6, 6.07) is 8.50. The van der Waals surface area contributed by atoms with Gasteiger partial charge in [0.25, 0.3) is 0 Å². The Morgan fingerprint density at radius 1 is 1.13 bits per heavy atom. The number of ether oxygens (including phenoxy) is 3. The van der Waals surface area contributed by atoms with E-state index in [0.29, 0.717) is 31.9 Å². The monoisotopic (exact) mass is 524 g/mol. The van der Waals surface area contributed by atoms with Gasteiger partial charge in [-0.15, -0.1) is 0 Å². The van der Waals surface area contributed by atoms with Crippen LogP contribution in [0.25, 0.3) is 0 Å². The third-order valence-electron chi connectivity index (χ3n) is 8.25. The highest BCUT2D eigenvalue weighted by molar-refractivity contribution is 5.78. The van der Waals surface area contributed by atoms with Crippen molar-refractivity contribution in [3.05, 3.63) is 64.2 Å². The van der Waals surface area contributed by atoms with Crippen molar-refractivity contribution in [1.29, 1.82) is 0 Å². The molecule has 0 N–H and O–H groups in total. The molecule has 0 amide bonds. The Morgan fingerprint density at radius 2 is 2.03 bits per heavy atom. The normalized spacial score (nSPS) is 22.7. The lowest BCUT2D eigenvalue weighted by molar-refractivity contribution is -0.147. The Bertz CT molecular complexity index is 1090. The number of unbranched alkanes of at least 4 members (excludes halogenated alkanes) is 1. The first-order chi connectivity index (χ1) is 18.6. The molecule has 2 aromatic rings. The maximum absolute atomic E-state index is 14.4. The zero-order chi connectivity index (χ0) is 26.3. The van der Waals surface area contributed by atoms with Gasteiger partial charge in [0.2, 0.25) is 0 Å². The van der Waals surface area contributed by atoms with E-state index in [1.165, 1.54) is 55.5 Å². The average Bonchev–Trinajstić information content (AvgIpc) is 3.41. The molecule has 0 bridgehead atoms. The molecule has 0 spiro atoms. The molecule has 1 aromatic heterocycles. The summed E-state index contributed by atoms with van der Waals surface area (Å²) in [4.78, 5) is 20.0. The van der Waals surface area contributed by atoms with E-state index < -0.39 is 6.04 Å². The van der Waals surface area contributed by atoms with Gasteiger partial charge in [-0.1, -0.05) is 12.1 Å². The lowest BCUT2D eigenvalue weighted by Gasteiger charge is -2.31. The lowest BCUT2D eigenvalue weighted by Crippen LogP contribution is -2.35. The van der Waals surface area contributed by atoms with Crippen molar-refractivity contribution >= 4 is 5.97 Å². The molecule has 1 unspecified atom stereocenters. The molecule has 1 aromatic carbocycles. The molecule has 2 saturated heterocycles. The fraction of sp³-hybridized carbons (Fsp3) is 0.613. The predicted molar refractivity (Wildman–Crippen MR) is 143 cm³/mol. The number of carbonyl (C=O) groups is 1. The third-order valence-corrected chi connectivity index (χ3v) is 8.25. The number of methoxy groups -OCH3 is 1. The van der Waals surface area contributed by atoms with Crippen molar-refractivity contribution in [1.82, 2.24) is 9.88 Å². The van der Waals surface area contributed by atoms with Gasteiger partial charge in [0, 0.05) is 37.7 Å². The summed E-state index contributed by atoms with van der Waals surface area (Å²) in [6.07, 6.45) is 11.5. The number of halogens is 1. The molecule has 0 saturated carbocycles. The van der Waals surface area contributed by atoms with E-state index in [2.05, 4.69) is 17.0 Å². The standard InChI is InChI=1S/C31H41FN2O4/c1-36-31(35)30(27-20-23(32)13-15-26(27)29-11-5-7-19-38-29)34-17-16-25(21-34)37-18-6-4-9-24-14-12-22-8-2-3-10-28(22)33-24/h12-15,20,25,29-30H,2-11,16-19,21H2,1H3/t25-,29+,30?/m1/s1. The molecule has 206 valence electrons. The fourth-order valence-electron chi connectivity index (χ4n) is 6.20. The summed E-state index contributed by atoms with van der Waals surface area (Å²) in [5, 5.41) is 0. The average molecular weight is 525 g/mol. The van der Waals surface area contributed by atoms with Crippen LogP contribution in [0.4, 0.5) is 4.39 Å². The van der Waals surface area contributed by atoms with Gasteiger partial charge in [0.1, 0.15) is 11.9 Å². The van der Waals surface area contributed by atoms with Gasteiger partial charge in [-0.25, -0.2) is 9.18 Å². The van der Waals surface area contributed by atoms with E-state index in [4.69, 9.17) is 19.2 Å². The van der Waals surface area contributed by atoms with Crippen LogP contribution in [0.15, 0.2) is 30.3 Å². The number of aromatic nitrogens is 1. The zero-order valence-corrected chi connectivity index (χ0v) is 22.6. The maximum Gasteiger partial charge on any atom is 0.327 e. The molecule has 3 heterocycles. The minimum Gasteiger partial charge on any atom is -0.468 e. The number of rotatable bonds is 10. The van der Waals surface area contributed by atoms with Crippen molar-refractivity contribution in [2.75, 3.05) is 33.4 Å². The third kappa shape index (κ3) is 6.61. The number of nitrogens with zero attached hydrogens (tertiary/aromatic N) is 2. The first-order valence-electron chi connectivity index (χ1n) is 14.4. The van der Waals surface area contributed by atoms with Crippen molar-refractivity contribution in [3.63, 3.8) is 0 Å². The summed E-state index contributed by atoms with van der Waals surface area (Å²) >= 11 is 0. The second-order valence-electron chi connectivity index (χ2n) is 10.9. The fourth-order valence-corrected chi connectivity index (χ4v) is 6.20. The Kier molecular flexibility index (Phi) is 9.41. The number of carbonyl (C=O) groups excluding carboxylic acids is 1. The number of pyridine rings is 1. The number of benzene rings is 1. The van der Waals surface area contributed by atoms with Crippen molar-refractivity contribution in [3.8, 4) is 0 Å². The molecule has 7 heteroatoms. The van der Waals surface area contributed by atoms with Crippen molar-refractivity contribution in [2.24, 2.45) is 0 Å². The van der Waals surface area contributed by atoms with E-state index in [9.17, 15) is 9.18 Å². The van der Waals surface area contributed by atoms with E-state index in [1.807, 2.05) is 0 Å². The Balaban J connectivity index is 1.15. The van der Waals surface area contributed by atoms with Crippen molar-refractivity contribution in [2.45, 2.75) is 88.9 Å². The zero-order valence-electron chi connectivity index (χ0n) is 22.6. The second-order valence-corrected chi connectivity index (χ2v) is 10.9. The molecule has 6 nitrogen and oxygen atoms in total. The van der Waals surface area contributed by atoms with E-state index in [0.717, 1.165) is 56.9 Å². The van der Waals surface area contributed by atoms with Gasteiger partial charge < -0.3 is 14.2 Å². The van der Waals surface area contributed by atoms with Crippen LogP contribution in [-0.4, -0.2) is 55.4 Å². The van der Waals surface area contributed by atoms with Crippen LogP contribution >= 0.6 is 0 Å². The van der Waals surface area contributed by atoms with Crippen molar-refractivity contribution < 1.29 is 23.4 Å². The highest BCUT2D eigenvalue weighted by Gasteiger charge is 2.37. The van der Waals surface area contributed by atoms with E-state index in [-0.39, 0.29) is 24.0 Å². The molecule has 3 aliphatic rings. The van der Waals surface area contributed by atoms with Gasteiger partial charge >= 0.3 is 5.97 Å². The molecule has 2 aliphatic heterocycles. The number of aryl methyl sites for hydroxylation is 3. The quantitative estimate of drug-likeness (QED) is 0.295. The molecule has 3 atom stereocenters. The lowest BCUT2D eigenvalue weighted by atomic mass is 9.92. The van der Waals surface area contributed by atoms with Crippen LogP contribution in [0.3, 0.4) is 0 Å². The predicted octanol–water partition coefficient (Wildman–Crippen LogP) is 5.67. The van der Waals surface area contributed by atoms with E-state index >= 15 is 0 Å². The Hall–Kier alpha value is -2.35. The van der Waals surface area contributed by atoms with Crippen LogP contribution in [-0.2, 0) is 38.3 Å². The molecular weight excluding hydrogens is 483 g/mol. The van der Waals surface area contributed by atoms with Crippen LogP contribution in [0.2, 0.25) is 0 Å². The molecular formula is C31H41FN2O4. The van der Waals surface area contributed by atoms with Crippen LogP contribution in [0, 0.1) is 5.82 Å². The number of hydrogen-bond donors (Lipinski definition) is 0. The smallest absolute Gasteiger partial charge is 0.327 e. The van der Waals surface area contributed by atoms with Gasteiger partial charge in [0.15, 0.2) is 0 Å². The summed E-state index contributed by atoms with van der Waals surface area (Å²) in [6.45, 7) is 2.69. The minimum absolute atomic E-state index is 0.0481. The largest absolute Gasteiger partial charge is 0.468 e. The van der Waals surface area contributed by atoms with Gasteiger partial charge in [-0.2, -0.15) is 0 Å². The van der Waals surface area contributed by atoms with Crippen LogP contribution in [0.1, 0.15) is 91.6 Å². The molecule has 1 aliphatic carbocycles.